The smallest absolute Gasteiger partial charge is 0.217 e. The first-order valence-corrected chi connectivity index (χ1v) is 6.78. The second-order valence-electron chi connectivity index (χ2n) is 4.28. The number of carbonyl (C=O) groups excluding carboxylic acids is 1. The van der Waals surface area contributed by atoms with Gasteiger partial charge < -0.3 is 16.4 Å². The number of hydrogen-bond acceptors (Lipinski definition) is 5. The number of primary amides is 1. The lowest BCUT2D eigenvalue weighted by Crippen LogP contribution is -2.12. The van der Waals surface area contributed by atoms with Crippen LogP contribution in [0.4, 0.5) is 11.6 Å². The highest BCUT2D eigenvalue weighted by Gasteiger charge is 2.08. The Morgan fingerprint density at radius 2 is 1.89 bits per heavy atom. The molecule has 0 spiro atoms. The third-order valence-corrected chi connectivity index (χ3v) is 2.79. The molecule has 1 aromatic heterocycles. The van der Waals surface area contributed by atoms with Crippen molar-refractivity contribution in [3.63, 3.8) is 0 Å². The quantitative estimate of drug-likeness (QED) is 0.589. The first-order valence-electron chi connectivity index (χ1n) is 6.78. The summed E-state index contributed by atoms with van der Waals surface area (Å²) in [6.45, 7) is 5.74. The van der Waals surface area contributed by atoms with E-state index in [-0.39, 0.29) is 5.91 Å². The molecule has 0 saturated heterocycles. The van der Waals surface area contributed by atoms with Crippen LogP contribution in [-0.4, -0.2) is 29.0 Å². The standard InChI is InChI=1S/C13H23N5O/c1-3-10-12(15-4-2)17-9-18-13(10)16-8-6-5-7-11(14)19/h9H,3-8H2,1-2H3,(H2,14,19)(H2,15,16,17,18). The molecule has 0 bridgehead atoms. The molecule has 1 heterocycles. The molecule has 0 aliphatic rings. The Bertz CT molecular complexity index is 408. The zero-order valence-corrected chi connectivity index (χ0v) is 11.7. The van der Waals surface area contributed by atoms with Crippen molar-refractivity contribution in [2.75, 3.05) is 23.7 Å². The fourth-order valence-corrected chi connectivity index (χ4v) is 1.85. The van der Waals surface area contributed by atoms with Gasteiger partial charge in [0, 0.05) is 25.1 Å². The molecular formula is C13H23N5O. The van der Waals surface area contributed by atoms with Crippen LogP contribution in [0.2, 0.25) is 0 Å². The van der Waals surface area contributed by atoms with Gasteiger partial charge in [-0.15, -0.1) is 0 Å². The predicted octanol–water partition coefficient (Wildman–Crippen LogP) is 1.54. The van der Waals surface area contributed by atoms with Crippen LogP contribution < -0.4 is 16.4 Å². The summed E-state index contributed by atoms with van der Waals surface area (Å²) < 4.78 is 0. The summed E-state index contributed by atoms with van der Waals surface area (Å²) in [5, 5.41) is 6.53. The van der Waals surface area contributed by atoms with Gasteiger partial charge in [-0.25, -0.2) is 9.97 Å². The SMILES string of the molecule is CCNc1ncnc(NCCCCC(N)=O)c1CC. The summed E-state index contributed by atoms with van der Waals surface area (Å²) in [6, 6.07) is 0. The van der Waals surface area contributed by atoms with Crippen LogP contribution in [0.3, 0.4) is 0 Å². The van der Waals surface area contributed by atoms with E-state index in [4.69, 9.17) is 5.73 Å². The minimum absolute atomic E-state index is 0.245. The van der Waals surface area contributed by atoms with Crippen molar-refractivity contribution < 1.29 is 4.79 Å². The van der Waals surface area contributed by atoms with E-state index in [0.29, 0.717) is 6.42 Å². The molecule has 106 valence electrons. The number of anilines is 2. The zero-order valence-electron chi connectivity index (χ0n) is 11.7. The number of rotatable bonds is 9. The van der Waals surface area contributed by atoms with Crippen molar-refractivity contribution in [2.24, 2.45) is 5.73 Å². The summed E-state index contributed by atoms with van der Waals surface area (Å²) in [4.78, 5) is 19.1. The van der Waals surface area contributed by atoms with Gasteiger partial charge >= 0.3 is 0 Å². The highest BCUT2D eigenvalue weighted by Crippen LogP contribution is 2.20. The average molecular weight is 265 g/mol. The van der Waals surface area contributed by atoms with E-state index in [9.17, 15) is 4.79 Å². The number of amides is 1. The zero-order chi connectivity index (χ0) is 14.1. The molecular weight excluding hydrogens is 242 g/mol. The Labute approximate surface area is 114 Å². The van der Waals surface area contributed by atoms with Gasteiger partial charge in [0.15, 0.2) is 0 Å². The van der Waals surface area contributed by atoms with Crippen molar-refractivity contribution in [3.05, 3.63) is 11.9 Å². The van der Waals surface area contributed by atoms with Crippen LogP contribution in [0.5, 0.6) is 0 Å². The number of unbranched alkanes of at least 4 members (excludes halogenated alkanes) is 1. The Morgan fingerprint density at radius 3 is 2.47 bits per heavy atom. The molecule has 0 aliphatic heterocycles. The summed E-state index contributed by atoms with van der Waals surface area (Å²) in [7, 11) is 0. The maximum Gasteiger partial charge on any atom is 0.217 e. The van der Waals surface area contributed by atoms with Crippen molar-refractivity contribution in [3.8, 4) is 0 Å². The van der Waals surface area contributed by atoms with Crippen LogP contribution in [0.25, 0.3) is 0 Å². The lowest BCUT2D eigenvalue weighted by atomic mass is 10.2. The summed E-state index contributed by atoms with van der Waals surface area (Å²) in [5.41, 5.74) is 6.19. The minimum atomic E-state index is -0.245. The Kier molecular flexibility index (Phi) is 6.63. The van der Waals surface area contributed by atoms with E-state index in [1.54, 1.807) is 6.33 Å². The number of nitrogens with two attached hydrogens (primary N) is 1. The predicted molar refractivity (Wildman–Crippen MR) is 77.1 cm³/mol. The van der Waals surface area contributed by atoms with E-state index in [1.165, 1.54) is 0 Å². The van der Waals surface area contributed by atoms with Gasteiger partial charge in [0.1, 0.15) is 18.0 Å². The van der Waals surface area contributed by atoms with E-state index < -0.39 is 0 Å². The second-order valence-corrected chi connectivity index (χ2v) is 4.28. The largest absolute Gasteiger partial charge is 0.370 e. The van der Waals surface area contributed by atoms with Crippen LogP contribution in [0.15, 0.2) is 6.33 Å². The van der Waals surface area contributed by atoms with Crippen LogP contribution >= 0.6 is 0 Å². The molecule has 0 saturated carbocycles. The number of nitrogens with one attached hydrogen (secondary N) is 2. The van der Waals surface area contributed by atoms with Crippen LogP contribution in [-0.2, 0) is 11.2 Å². The maximum atomic E-state index is 10.6. The molecule has 4 N–H and O–H groups in total. The topological polar surface area (TPSA) is 92.9 Å². The van der Waals surface area contributed by atoms with Gasteiger partial charge in [-0.1, -0.05) is 6.92 Å². The molecule has 1 aromatic rings. The molecule has 0 unspecified atom stereocenters. The molecule has 0 aromatic carbocycles. The molecule has 0 aliphatic carbocycles. The van der Waals surface area contributed by atoms with Gasteiger partial charge in [0.05, 0.1) is 0 Å². The first-order chi connectivity index (χ1) is 9.19. The molecule has 0 atom stereocenters. The van der Waals surface area contributed by atoms with Gasteiger partial charge in [0.25, 0.3) is 0 Å². The fraction of sp³-hybridized carbons (Fsp3) is 0.615. The third-order valence-electron chi connectivity index (χ3n) is 2.79. The highest BCUT2D eigenvalue weighted by molar-refractivity contribution is 5.73. The normalized spacial score (nSPS) is 10.2. The monoisotopic (exact) mass is 265 g/mol. The maximum absolute atomic E-state index is 10.6. The number of hydrogen-bond donors (Lipinski definition) is 3. The molecule has 6 heteroatoms. The Hall–Kier alpha value is -1.85. The van der Waals surface area contributed by atoms with Crippen molar-refractivity contribution in [2.45, 2.75) is 39.5 Å². The van der Waals surface area contributed by atoms with Crippen molar-refractivity contribution >= 4 is 17.5 Å². The van der Waals surface area contributed by atoms with E-state index >= 15 is 0 Å². The summed E-state index contributed by atoms with van der Waals surface area (Å²) in [5.74, 6) is 1.51. The van der Waals surface area contributed by atoms with Gasteiger partial charge in [-0.2, -0.15) is 0 Å². The molecule has 6 nitrogen and oxygen atoms in total. The minimum Gasteiger partial charge on any atom is -0.370 e. The molecule has 1 rings (SSSR count). The number of aromatic nitrogens is 2. The molecule has 0 fully saturated rings. The number of carbonyl (C=O) groups is 1. The molecule has 1 amide bonds. The van der Waals surface area contributed by atoms with Crippen molar-refractivity contribution in [1.29, 1.82) is 0 Å². The van der Waals surface area contributed by atoms with E-state index in [1.807, 2.05) is 6.92 Å². The first kappa shape index (κ1) is 15.2. The number of nitrogens with zero attached hydrogens (tertiary/aromatic N) is 2. The third kappa shape index (κ3) is 5.11. The Balaban J connectivity index is 2.52. The van der Waals surface area contributed by atoms with Gasteiger partial charge in [0.2, 0.25) is 5.91 Å². The Morgan fingerprint density at radius 1 is 1.21 bits per heavy atom. The van der Waals surface area contributed by atoms with Crippen LogP contribution in [0, 0.1) is 0 Å². The summed E-state index contributed by atoms with van der Waals surface area (Å²) >= 11 is 0. The lowest BCUT2D eigenvalue weighted by molar-refractivity contribution is -0.118. The van der Waals surface area contributed by atoms with E-state index in [2.05, 4.69) is 27.5 Å². The lowest BCUT2D eigenvalue weighted by Gasteiger charge is -2.13. The molecule has 0 radical (unpaired) electrons. The van der Waals surface area contributed by atoms with Gasteiger partial charge in [-0.05, 0) is 26.2 Å². The average Bonchev–Trinajstić information content (AvgIpc) is 2.38. The second kappa shape index (κ2) is 8.29. The van der Waals surface area contributed by atoms with E-state index in [0.717, 1.165) is 49.6 Å². The summed E-state index contributed by atoms with van der Waals surface area (Å²) in [6.07, 6.45) is 4.56. The van der Waals surface area contributed by atoms with Gasteiger partial charge in [-0.3, -0.25) is 4.79 Å². The van der Waals surface area contributed by atoms with Crippen LogP contribution in [0.1, 0.15) is 38.7 Å². The van der Waals surface area contributed by atoms with Crippen molar-refractivity contribution in [1.82, 2.24) is 9.97 Å². The fourth-order valence-electron chi connectivity index (χ4n) is 1.85. The highest BCUT2D eigenvalue weighted by atomic mass is 16.1. The molecule has 19 heavy (non-hydrogen) atoms.